The Morgan fingerprint density at radius 2 is 2.00 bits per heavy atom. The zero-order valence-corrected chi connectivity index (χ0v) is 11.6. The molecule has 0 aromatic rings. The molecule has 0 aromatic heterocycles. The Morgan fingerprint density at radius 3 is 2.47 bits per heavy atom. The van der Waals surface area contributed by atoms with Crippen LogP contribution in [0.25, 0.3) is 0 Å². The monoisotopic (exact) mass is 239 g/mol. The normalized spacial score (nSPS) is 23.5. The van der Waals surface area contributed by atoms with Gasteiger partial charge in [-0.05, 0) is 44.6 Å². The molecule has 0 bridgehead atoms. The molecule has 17 heavy (non-hydrogen) atoms. The second-order valence-corrected chi connectivity index (χ2v) is 6.33. The Balaban J connectivity index is 1.60. The van der Waals surface area contributed by atoms with E-state index in [0.29, 0.717) is 6.04 Å². The van der Waals surface area contributed by atoms with E-state index < -0.39 is 0 Å². The molecule has 0 aromatic carbocycles. The molecule has 2 saturated carbocycles. The van der Waals surface area contributed by atoms with Crippen LogP contribution in [-0.4, -0.2) is 24.8 Å². The highest BCUT2D eigenvalue weighted by Crippen LogP contribution is 2.39. The summed E-state index contributed by atoms with van der Waals surface area (Å²) in [6.07, 6.45) is 10.8. The zero-order chi connectivity index (χ0) is 12.1. The van der Waals surface area contributed by atoms with E-state index in [-0.39, 0.29) is 5.60 Å². The van der Waals surface area contributed by atoms with Crippen LogP contribution in [0.3, 0.4) is 0 Å². The fraction of sp³-hybridized carbons (Fsp3) is 1.00. The molecule has 0 saturated heterocycles. The standard InChI is InChI=1S/C15H29NO/c1-13(2)16-11-10-15(8-4-9-15)17-12-7-14-5-3-6-14/h13-14,16H,3-12H2,1-2H3. The summed E-state index contributed by atoms with van der Waals surface area (Å²) in [5, 5.41) is 3.51. The molecule has 0 unspecified atom stereocenters. The highest BCUT2D eigenvalue weighted by Gasteiger charge is 2.37. The minimum absolute atomic E-state index is 0.256. The van der Waals surface area contributed by atoms with E-state index in [1.54, 1.807) is 0 Å². The van der Waals surface area contributed by atoms with Crippen molar-refractivity contribution in [2.24, 2.45) is 5.92 Å². The van der Waals surface area contributed by atoms with E-state index in [1.165, 1.54) is 51.4 Å². The number of hydrogen-bond acceptors (Lipinski definition) is 2. The van der Waals surface area contributed by atoms with Gasteiger partial charge in [0, 0.05) is 12.6 Å². The smallest absolute Gasteiger partial charge is 0.0694 e. The first-order valence-corrected chi connectivity index (χ1v) is 7.58. The lowest BCUT2D eigenvalue weighted by Crippen LogP contribution is -2.43. The third-order valence-electron chi connectivity index (χ3n) is 4.56. The van der Waals surface area contributed by atoms with Crippen molar-refractivity contribution < 1.29 is 4.74 Å². The van der Waals surface area contributed by atoms with E-state index in [2.05, 4.69) is 19.2 Å². The molecule has 0 spiro atoms. The van der Waals surface area contributed by atoms with Crippen LogP contribution in [0.5, 0.6) is 0 Å². The lowest BCUT2D eigenvalue weighted by atomic mass is 9.77. The summed E-state index contributed by atoms with van der Waals surface area (Å²) in [6, 6.07) is 0.599. The van der Waals surface area contributed by atoms with Crippen LogP contribution >= 0.6 is 0 Å². The van der Waals surface area contributed by atoms with Crippen LogP contribution in [0.4, 0.5) is 0 Å². The molecular weight excluding hydrogens is 210 g/mol. The predicted molar refractivity (Wildman–Crippen MR) is 72.2 cm³/mol. The summed E-state index contributed by atoms with van der Waals surface area (Å²) in [6.45, 7) is 6.54. The van der Waals surface area contributed by atoms with Crippen molar-refractivity contribution in [3.63, 3.8) is 0 Å². The van der Waals surface area contributed by atoms with Gasteiger partial charge in [0.05, 0.1) is 5.60 Å². The fourth-order valence-electron chi connectivity index (χ4n) is 2.85. The SMILES string of the molecule is CC(C)NCCC1(OCCC2CCC2)CCC1. The van der Waals surface area contributed by atoms with E-state index in [0.717, 1.165) is 19.1 Å². The van der Waals surface area contributed by atoms with Gasteiger partial charge < -0.3 is 10.1 Å². The van der Waals surface area contributed by atoms with Crippen molar-refractivity contribution in [1.82, 2.24) is 5.32 Å². The molecular formula is C15H29NO. The first-order chi connectivity index (χ1) is 8.20. The van der Waals surface area contributed by atoms with Crippen LogP contribution in [0.15, 0.2) is 0 Å². The molecule has 2 fully saturated rings. The summed E-state index contributed by atoms with van der Waals surface area (Å²) in [5.41, 5.74) is 0.256. The van der Waals surface area contributed by atoms with Gasteiger partial charge >= 0.3 is 0 Å². The highest BCUT2D eigenvalue weighted by molar-refractivity contribution is 4.90. The Kier molecular flexibility index (Phi) is 4.87. The average Bonchev–Trinajstić information content (AvgIpc) is 2.16. The van der Waals surface area contributed by atoms with Crippen molar-refractivity contribution >= 4 is 0 Å². The molecule has 0 amide bonds. The second kappa shape index (κ2) is 6.19. The van der Waals surface area contributed by atoms with E-state index in [9.17, 15) is 0 Å². The van der Waals surface area contributed by atoms with E-state index >= 15 is 0 Å². The number of nitrogens with one attached hydrogen (secondary N) is 1. The lowest BCUT2D eigenvalue weighted by molar-refractivity contribution is -0.109. The molecule has 0 heterocycles. The van der Waals surface area contributed by atoms with Crippen LogP contribution in [0.1, 0.15) is 65.2 Å². The molecule has 0 radical (unpaired) electrons. The summed E-state index contributed by atoms with van der Waals surface area (Å²) < 4.78 is 6.21. The minimum Gasteiger partial charge on any atom is -0.375 e. The molecule has 100 valence electrons. The summed E-state index contributed by atoms with van der Waals surface area (Å²) >= 11 is 0. The molecule has 2 heteroatoms. The highest BCUT2D eigenvalue weighted by atomic mass is 16.5. The molecule has 0 atom stereocenters. The van der Waals surface area contributed by atoms with Crippen molar-refractivity contribution in [2.75, 3.05) is 13.2 Å². The summed E-state index contributed by atoms with van der Waals surface area (Å²) in [4.78, 5) is 0. The maximum atomic E-state index is 6.21. The van der Waals surface area contributed by atoms with Crippen molar-refractivity contribution in [3.8, 4) is 0 Å². The van der Waals surface area contributed by atoms with Gasteiger partial charge in [-0.25, -0.2) is 0 Å². The van der Waals surface area contributed by atoms with Gasteiger partial charge in [-0.2, -0.15) is 0 Å². The van der Waals surface area contributed by atoms with Crippen LogP contribution in [-0.2, 0) is 4.74 Å². The molecule has 0 aliphatic heterocycles. The van der Waals surface area contributed by atoms with E-state index in [1.807, 2.05) is 0 Å². The van der Waals surface area contributed by atoms with Gasteiger partial charge in [-0.15, -0.1) is 0 Å². The minimum atomic E-state index is 0.256. The zero-order valence-electron chi connectivity index (χ0n) is 11.6. The number of hydrogen-bond donors (Lipinski definition) is 1. The number of rotatable bonds is 8. The average molecular weight is 239 g/mol. The van der Waals surface area contributed by atoms with Crippen LogP contribution < -0.4 is 5.32 Å². The molecule has 2 rings (SSSR count). The van der Waals surface area contributed by atoms with Crippen molar-refractivity contribution in [1.29, 1.82) is 0 Å². The molecule has 2 aliphatic carbocycles. The predicted octanol–water partition coefficient (Wildman–Crippen LogP) is 3.50. The Hall–Kier alpha value is -0.0800. The maximum Gasteiger partial charge on any atom is 0.0694 e. The van der Waals surface area contributed by atoms with Crippen LogP contribution in [0, 0.1) is 5.92 Å². The largest absolute Gasteiger partial charge is 0.375 e. The third-order valence-corrected chi connectivity index (χ3v) is 4.56. The maximum absolute atomic E-state index is 6.21. The van der Waals surface area contributed by atoms with Gasteiger partial charge in [0.1, 0.15) is 0 Å². The summed E-state index contributed by atoms with van der Waals surface area (Å²) in [5.74, 6) is 0.987. The summed E-state index contributed by atoms with van der Waals surface area (Å²) in [7, 11) is 0. The number of ether oxygens (including phenoxy) is 1. The first-order valence-electron chi connectivity index (χ1n) is 7.58. The van der Waals surface area contributed by atoms with Gasteiger partial charge in [-0.1, -0.05) is 33.1 Å². The van der Waals surface area contributed by atoms with Gasteiger partial charge in [-0.3, -0.25) is 0 Å². The van der Waals surface area contributed by atoms with Crippen LogP contribution in [0.2, 0.25) is 0 Å². The van der Waals surface area contributed by atoms with Gasteiger partial charge in [0.2, 0.25) is 0 Å². The molecule has 1 N–H and O–H groups in total. The lowest BCUT2D eigenvalue weighted by Gasteiger charge is -2.42. The topological polar surface area (TPSA) is 21.3 Å². The van der Waals surface area contributed by atoms with E-state index in [4.69, 9.17) is 4.74 Å². The Labute approximate surface area is 107 Å². The fourth-order valence-corrected chi connectivity index (χ4v) is 2.85. The molecule has 2 nitrogen and oxygen atoms in total. The first kappa shape index (κ1) is 13.4. The molecule has 2 aliphatic rings. The second-order valence-electron chi connectivity index (χ2n) is 6.33. The quantitative estimate of drug-likeness (QED) is 0.700. The third kappa shape index (κ3) is 3.96. The van der Waals surface area contributed by atoms with Crippen molar-refractivity contribution in [2.45, 2.75) is 76.9 Å². The Bertz CT molecular complexity index is 219. The Morgan fingerprint density at radius 1 is 1.24 bits per heavy atom. The van der Waals surface area contributed by atoms with Gasteiger partial charge in [0.15, 0.2) is 0 Å². The van der Waals surface area contributed by atoms with Crippen molar-refractivity contribution in [3.05, 3.63) is 0 Å². The van der Waals surface area contributed by atoms with Gasteiger partial charge in [0.25, 0.3) is 0 Å².